The zero-order valence-corrected chi connectivity index (χ0v) is 15.8. The fraction of sp³-hybridized carbons (Fsp3) is 0.0625. The number of thioether (sulfide) groups is 1. The average molecular weight is 407 g/mol. The van der Waals surface area contributed by atoms with Crippen LogP contribution in [-0.4, -0.2) is 31.0 Å². The number of Topliss-reactive ketones (excluding diaryl/α,β-unsaturated/α-hetero) is 1. The molecule has 0 spiro atoms. The molecule has 0 aliphatic rings. The lowest BCUT2D eigenvalue weighted by Crippen LogP contribution is -2.10. The Morgan fingerprint density at radius 3 is 2.46 bits per heavy atom. The molecule has 0 fully saturated rings. The maximum atomic E-state index is 12.0. The monoisotopic (exact) mass is 406 g/mol. The maximum Gasteiger partial charge on any atom is 0.220 e. The standard InChI is InChI=1S/C16H12Cl2N6OS/c1-10(25)15(20-19-14-12(17)8-5-9-13(14)18)26-16-21-22-23-24(16)11-6-3-2-4-7-11/h2-9,19H,1H3/b20-15+. The van der Waals surface area contributed by atoms with Crippen molar-refractivity contribution < 1.29 is 4.79 Å². The summed E-state index contributed by atoms with van der Waals surface area (Å²) in [6, 6.07) is 14.4. The zero-order valence-electron chi connectivity index (χ0n) is 13.4. The topological polar surface area (TPSA) is 85.1 Å². The number of para-hydroxylation sites is 2. The summed E-state index contributed by atoms with van der Waals surface area (Å²) in [5.74, 6) is -0.256. The number of anilines is 1. The van der Waals surface area contributed by atoms with Crippen molar-refractivity contribution in [1.82, 2.24) is 20.2 Å². The molecule has 0 saturated heterocycles. The minimum atomic E-state index is -0.256. The molecule has 0 bridgehead atoms. The summed E-state index contributed by atoms with van der Waals surface area (Å²) < 4.78 is 1.52. The van der Waals surface area contributed by atoms with Crippen molar-refractivity contribution >= 4 is 51.5 Å². The maximum absolute atomic E-state index is 12.0. The first kappa shape index (κ1) is 18.4. The number of carbonyl (C=O) groups excluding carboxylic acids is 1. The Morgan fingerprint density at radius 2 is 1.81 bits per heavy atom. The van der Waals surface area contributed by atoms with Gasteiger partial charge in [-0.3, -0.25) is 10.2 Å². The number of aromatic nitrogens is 4. The first-order valence-electron chi connectivity index (χ1n) is 7.36. The highest BCUT2D eigenvalue weighted by Crippen LogP contribution is 2.30. The van der Waals surface area contributed by atoms with E-state index in [1.165, 1.54) is 11.6 Å². The van der Waals surface area contributed by atoms with E-state index in [-0.39, 0.29) is 10.8 Å². The highest BCUT2D eigenvalue weighted by atomic mass is 35.5. The summed E-state index contributed by atoms with van der Waals surface area (Å²) in [7, 11) is 0. The van der Waals surface area contributed by atoms with Crippen LogP contribution in [-0.2, 0) is 4.79 Å². The van der Waals surface area contributed by atoms with Crippen molar-refractivity contribution in [3.8, 4) is 5.69 Å². The first-order valence-corrected chi connectivity index (χ1v) is 8.94. The highest BCUT2D eigenvalue weighted by Gasteiger charge is 2.16. The van der Waals surface area contributed by atoms with Crippen LogP contribution in [0.15, 0.2) is 58.8 Å². The molecule has 1 aromatic heterocycles. The number of ketones is 1. The number of rotatable bonds is 5. The SMILES string of the molecule is CC(=O)/C(=N\Nc1c(Cl)cccc1Cl)Sc1nnnn1-c1ccccc1. The molecule has 0 unspecified atom stereocenters. The smallest absolute Gasteiger partial charge is 0.220 e. The van der Waals surface area contributed by atoms with Crippen LogP contribution in [0.3, 0.4) is 0 Å². The van der Waals surface area contributed by atoms with Gasteiger partial charge in [0, 0.05) is 6.92 Å². The number of nitrogens with one attached hydrogen (secondary N) is 1. The Kier molecular flexibility index (Phi) is 5.87. The number of tetrazole rings is 1. The van der Waals surface area contributed by atoms with E-state index in [1.807, 2.05) is 30.3 Å². The minimum Gasteiger partial charge on any atom is -0.292 e. The van der Waals surface area contributed by atoms with Gasteiger partial charge in [-0.15, -0.1) is 5.10 Å². The van der Waals surface area contributed by atoms with Crippen molar-refractivity contribution in [3.05, 3.63) is 58.6 Å². The van der Waals surface area contributed by atoms with Crippen molar-refractivity contribution in [1.29, 1.82) is 0 Å². The van der Waals surface area contributed by atoms with Crippen LogP contribution >= 0.6 is 35.0 Å². The first-order chi connectivity index (χ1) is 12.6. The summed E-state index contributed by atoms with van der Waals surface area (Å²) >= 11 is 13.2. The Bertz CT molecular complexity index is 940. The van der Waals surface area contributed by atoms with Gasteiger partial charge in [0.1, 0.15) is 0 Å². The van der Waals surface area contributed by atoms with E-state index in [9.17, 15) is 4.79 Å². The molecule has 1 heterocycles. The molecule has 7 nitrogen and oxygen atoms in total. The third kappa shape index (κ3) is 4.21. The third-order valence-corrected chi connectivity index (χ3v) is 4.80. The van der Waals surface area contributed by atoms with Crippen molar-refractivity contribution in [3.63, 3.8) is 0 Å². The summed E-state index contributed by atoms with van der Waals surface area (Å²) in [6.45, 7) is 1.40. The molecule has 3 rings (SSSR count). The Balaban J connectivity index is 1.87. The Hall–Kier alpha value is -2.42. The predicted octanol–water partition coefficient (Wildman–Crippen LogP) is 4.08. The van der Waals surface area contributed by atoms with Crippen LogP contribution in [0.25, 0.3) is 5.69 Å². The van der Waals surface area contributed by atoms with Crippen molar-refractivity contribution in [2.75, 3.05) is 5.43 Å². The van der Waals surface area contributed by atoms with Gasteiger partial charge in [-0.2, -0.15) is 9.78 Å². The molecule has 0 radical (unpaired) electrons. The van der Waals surface area contributed by atoms with Gasteiger partial charge >= 0.3 is 0 Å². The van der Waals surface area contributed by atoms with Gasteiger partial charge in [0.25, 0.3) is 0 Å². The van der Waals surface area contributed by atoms with E-state index in [0.717, 1.165) is 17.4 Å². The van der Waals surface area contributed by atoms with Gasteiger partial charge in [0.2, 0.25) is 5.16 Å². The molecular formula is C16H12Cl2N6OS. The van der Waals surface area contributed by atoms with Gasteiger partial charge in [0.05, 0.1) is 21.4 Å². The molecule has 132 valence electrons. The molecule has 3 aromatic rings. The number of hydrazone groups is 1. The average Bonchev–Trinajstić information content (AvgIpc) is 3.09. The number of benzene rings is 2. The Morgan fingerprint density at radius 1 is 1.12 bits per heavy atom. The van der Waals surface area contributed by atoms with E-state index in [0.29, 0.717) is 20.9 Å². The molecule has 0 saturated carbocycles. The molecule has 0 atom stereocenters. The molecule has 10 heteroatoms. The molecule has 0 aliphatic carbocycles. The van der Waals surface area contributed by atoms with Gasteiger partial charge < -0.3 is 0 Å². The lowest BCUT2D eigenvalue weighted by atomic mass is 10.3. The molecule has 26 heavy (non-hydrogen) atoms. The van der Waals surface area contributed by atoms with E-state index in [4.69, 9.17) is 23.2 Å². The second kappa shape index (κ2) is 8.31. The number of hydrogen-bond donors (Lipinski definition) is 1. The van der Waals surface area contributed by atoms with Crippen LogP contribution in [0.4, 0.5) is 5.69 Å². The van der Waals surface area contributed by atoms with Crippen LogP contribution in [0.2, 0.25) is 10.0 Å². The second-order valence-electron chi connectivity index (χ2n) is 4.99. The normalized spacial score (nSPS) is 11.4. The zero-order chi connectivity index (χ0) is 18.5. The van der Waals surface area contributed by atoms with Crippen molar-refractivity contribution in [2.24, 2.45) is 5.10 Å². The van der Waals surface area contributed by atoms with E-state index >= 15 is 0 Å². The fourth-order valence-corrected chi connectivity index (χ4v) is 3.14. The third-order valence-electron chi connectivity index (χ3n) is 3.16. The second-order valence-corrected chi connectivity index (χ2v) is 6.76. The molecule has 0 aliphatic heterocycles. The van der Waals surface area contributed by atoms with Gasteiger partial charge in [-0.25, -0.2) is 0 Å². The molecule has 0 amide bonds. The molecule has 1 N–H and O–H groups in total. The largest absolute Gasteiger partial charge is 0.292 e. The van der Waals surface area contributed by atoms with Crippen molar-refractivity contribution in [2.45, 2.75) is 12.1 Å². The van der Waals surface area contributed by atoms with Crippen LogP contribution < -0.4 is 5.43 Å². The van der Waals surface area contributed by atoms with E-state index in [1.54, 1.807) is 18.2 Å². The summed E-state index contributed by atoms with van der Waals surface area (Å²) in [4.78, 5) is 12.0. The summed E-state index contributed by atoms with van der Waals surface area (Å²) in [6.07, 6.45) is 0. The van der Waals surface area contributed by atoms with Crippen LogP contribution in [0, 0.1) is 0 Å². The van der Waals surface area contributed by atoms with Gasteiger partial charge in [-0.1, -0.05) is 47.5 Å². The predicted molar refractivity (Wildman–Crippen MR) is 103 cm³/mol. The lowest BCUT2D eigenvalue weighted by Gasteiger charge is -2.08. The van der Waals surface area contributed by atoms with Crippen LogP contribution in [0.1, 0.15) is 6.92 Å². The van der Waals surface area contributed by atoms with Gasteiger partial charge in [0.15, 0.2) is 10.8 Å². The fourth-order valence-electron chi connectivity index (χ4n) is 1.94. The van der Waals surface area contributed by atoms with Crippen LogP contribution in [0.5, 0.6) is 0 Å². The summed E-state index contributed by atoms with van der Waals surface area (Å²) in [5, 5.41) is 17.0. The minimum absolute atomic E-state index is 0.160. The lowest BCUT2D eigenvalue weighted by molar-refractivity contribution is -0.110. The number of nitrogens with zero attached hydrogens (tertiary/aromatic N) is 5. The van der Waals surface area contributed by atoms with E-state index in [2.05, 4.69) is 26.1 Å². The molecular weight excluding hydrogens is 395 g/mol. The quantitative estimate of drug-likeness (QED) is 0.297. The number of carbonyl (C=O) groups is 1. The van der Waals surface area contributed by atoms with E-state index < -0.39 is 0 Å². The van der Waals surface area contributed by atoms with Gasteiger partial charge in [-0.05, 0) is 46.5 Å². The number of halogens is 2. The Labute approximate surface area is 163 Å². The number of hydrogen-bond acceptors (Lipinski definition) is 7. The summed E-state index contributed by atoms with van der Waals surface area (Å²) in [5.41, 5.74) is 3.92. The highest BCUT2D eigenvalue weighted by molar-refractivity contribution is 8.15. The molecule has 2 aromatic carbocycles.